The average Bonchev–Trinajstić information content (AvgIpc) is 2.70. The fraction of sp³-hybridized carbons (Fsp3) is 0.778. The second-order valence-corrected chi connectivity index (χ2v) is 10.1. The lowest BCUT2D eigenvalue weighted by atomic mass is 9.70. The summed E-state index contributed by atoms with van der Waals surface area (Å²) >= 11 is 0. The van der Waals surface area contributed by atoms with Crippen molar-refractivity contribution < 1.29 is 0 Å². The highest BCUT2D eigenvalue weighted by molar-refractivity contribution is 5.24. The van der Waals surface area contributed by atoms with Crippen LogP contribution in [0.2, 0.25) is 0 Å². The number of rotatable bonds is 8. The molecule has 0 spiro atoms. The summed E-state index contributed by atoms with van der Waals surface area (Å²) < 4.78 is 0. The second-order valence-electron chi connectivity index (χ2n) is 10.1. The zero-order chi connectivity index (χ0) is 19.1. The van der Waals surface area contributed by atoms with Crippen LogP contribution in [-0.2, 0) is 0 Å². The van der Waals surface area contributed by atoms with Crippen LogP contribution in [-0.4, -0.2) is 0 Å². The van der Waals surface area contributed by atoms with E-state index in [-0.39, 0.29) is 0 Å². The van der Waals surface area contributed by atoms with E-state index in [0.717, 1.165) is 29.6 Å². The van der Waals surface area contributed by atoms with Gasteiger partial charge < -0.3 is 0 Å². The summed E-state index contributed by atoms with van der Waals surface area (Å²) in [5, 5.41) is 0. The molecular formula is C27H44. The van der Waals surface area contributed by atoms with E-state index in [2.05, 4.69) is 45.0 Å². The summed E-state index contributed by atoms with van der Waals surface area (Å²) in [6.07, 6.45) is 19.2. The Kier molecular flexibility index (Phi) is 8.28. The molecule has 0 saturated heterocycles. The molecule has 1 unspecified atom stereocenters. The molecule has 0 nitrogen and oxygen atoms in total. The van der Waals surface area contributed by atoms with Crippen molar-refractivity contribution in [3.63, 3.8) is 0 Å². The van der Waals surface area contributed by atoms with E-state index in [1.807, 2.05) is 0 Å². The van der Waals surface area contributed by atoms with E-state index in [0.29, 0.717) is 0 Å². The number of aryl methyl sites for hydroxylation is 1. The lowest BCUT2D eigenvalue weighted by molar-refractivity contribution is 0.169. The maximum absolute atomic E-state index is 2.58. The molecule has 0 radical (unpaired) electrons. The van der Waals surface area contributed by atoms with Gasteiger partial charge in [0.25, 0.3) is 0 Å². The molecule has 3 rings (SSSR count). The van der Waals surface area contributed by atoms with E-state index < -0.39 is 0 Å². The molecule has 0 heterocycles. The molecule has 152 valence electrons. The van der Waals surface area contributed by atoms with Crippen molar-refractivity contribution in [2.45, 2.75) is 110 Å². The van der Waals surface area contributed by atoms with Crippen molar-refractivity contribution in [2.24, 2.45) is 23.7 Å². The third-order valence-corrected chi connectivity index (χ3v) is 8.01. The van der Waals surface area contributed by atoms with Crippen LogP contribution in [0.25, 0.3) is 0 Å². The van der Waals surface area contributed by atoms with Gasteiger partial charge in [-0.2, -0.15) is 0 Å². The molecule has 1 aromatic rings. The molecule has 2 fully saturated rings. The van der Waals surface area contributed by atoms with Crippen molar-refractivity contribution in [1.29, 1.82) is 0 Å². The van der Waals surface area contributed by atoms with Crippen molar-refractivity contribution in [1.82, 2.24) is 0 Å². The van der Waals surface area contributed by atoms with Crippen LogP contribution in [0.4, 0.5) is 0 Å². The number of hydrogen-bond donors (Lipinski definition) is 0. The average molecular weight is 369 g/mol. The smallest absolute Gasteiger partial charge is 0.0162 e. The van der Waals surface area contributed by atoms with Crippen molar-refractivity contribution >= 4 is 0 Å². The van der Waals surface area contributed by atoms with Gasteiger partial charge in [-0.15, -0.1) is 0 Å². The zero-order valence-electron chi connectivity index (χ0n) is 18.4. The van der Waals surface area contributed by atoms with Crippen LogP contribution in [0, 0.1) is 30.6 Å². The van der Waals surface area contributed by atoms with Crippen molar-refractivity contribution in [3.05, 3.63) is 35.4 Å². The highest BCUT2D eigenvalue weighted by Gasteiger charge is 2.29. The first-order valence-corrected chi connectivity index (χ1v) is 12.2. The van der Waals surface area contributed by atoms with Gasteiger partial charge in [-0.1, -0.05) is 82.2 Å². The third kappa shape index (κ3) is 6.37. The second kappa shape index (κ2) is 10.7. The molecule has 0 heteroatoms. The molecule has 1 atom stereocenters. The summed E-state index contributed by atoms with van der Waals surface area (Å²) in [5.41, 5.74) is 2.98. The largest absolute Gasteiger partial charge is 0.0654 e. The monoisotopic (exact) mass is 368 g/mol. The van der Waals surface area contributed by atoms with E-state index in [4.69, 9.17) is 0 Å². The fourth-order valence-corrected chi connectivity index (χ4v) is 6.02. The molecule has 2 aliphatic rings. The molecule has 2 saturated carbocycles. The maximum atomic E-state index is 2.58. The Morgan fingerprint density at radius 3 is 2.07 bits per heavy atom. The Bertz CT molecular complexity index is 511. The maximum Gasteiger partial charge on any atom is -0.0162 e. The van der Waals surface area contributed by atoms with E-state index >= 15 is 0 Å². The first-order valence-electron chi connectivity index (χ1n) is 12.2. The first-order chi connectivity index (χ1) is 13.2. The predicted molar refractivity (Wildman–Crippen MR) is 119 cm³/mol. The van der Waals surface area contributed by atoms with Gasteiger partial charge in [0.05, 0.1) is 0 Å². The molecule has 0 amide bonds. The quantitative estimate of drug-likeness (QED) is 0.402. The highest BCUT2D eigenvalue weighted by atomic mass is 14.3. The van der Waals surface area contributed by atoms with Crippen molar-refractivity contribution in [3.8, 4) is 0 Å². The standard InChI is InChI=1S/C27H44/c1-4-5-6-7-23-10-16-25(17-11-23)22(3)20-24-12-18-27(19-13-24)26-14-8-21(2)9-15-26/h8-9,14-15,22-25,27H,4-7,10-13,16-20H2,1-3H3. The zero-order valence-corrected chi connectivity index (χ0v) is 18.4. The Labute approximate surface area is 169 Å². The van der Waals surface area contributed by atoms with Gasteiger partial charge in [0.15, 0.2) is 0 Å². The molecule has 0 aliphatic heterocycles. The summed E-state index contributed by atoms with van der Waals surface area (Å²) in [4.78, 5) is 0. The molecule has 0 aromatic heterocycles. The fourth-order valence-electron chi connectivity index (χ4n) is 6.02. The summed E-state index contributed by atoms with van der Waals surface area (Å²) in [7, 11) is 0. The number of hydrogen-bond acceptors (Lipinski definition) is 0. The van der Waals surface area contributed by atoms with Crippen LogP contribution in [0.15, 0.2) is 24.3 Å². The van der Waals surface area contributed by atoms with Gasteiger partial charge in [-0.3, -0.25) is 0 Å². The Hall–Kier alpha value is -0.780. The lowest BCUT2D eigenvalue weighted by Gasteiger charge is -2.36. The minimum atomic E-state index is 0.829. The number of unbranched alkanes of at least 4 members (excludes halogenated alkanes) is 2. The van der Waals surface area contributed by atoms with Crippen LogP contribution in [0.3, 0.4) is 0 Å². The van der Waals surface area contributed by atoms with Gasteiger partial charge in [0.2, 0.25) is 0 Å². The van der Waals surface area contributed by atoms with Crippen LogP contribution in [0.5, 0.6) is 0 Å². The lowest BCUT2D eigenvalue weighted by Crippen LogP contribution is -2.23. The van der Waals surface area contributed by atoms with Gasteiger partial charge in [-0.05, 0) is 87.0 Å². The molecular weight excluding hydrogens is 324 g/mol. The summed E-state index contributed by atoms with van der Waals surface area (Å²) in [6, 6.07) is 9.34. The Morgan fingerprint density at radius 2 is 1.44 bits per heavy atom. The molecule has 1 aromatic carbocycles. The Balaban J connectivity index is 1.36. The normalized spacial score (nSPS) is 30.2. The predicted octanol–water partition coefficient (Wildman–Crippen LogP) is 8.68. The molecule has 27 heavy (non-hydrogen) atoms. The summed E-state index contributed by atoms with van der Waals surface area (Å²) in [6.45, 7) is 7.10. The molecule has 0 N–H and O–H groups in total. The minimum absolute atomic E-state index is 0.829. The van der Waals surface area contributed by atoms with Crippen LogP contribution < -0.4 is 0 Å². The van der Waals surface area contributed by atoms with Gasteiger partial charge in [-0.25, -0.2) is 0 Å². The van der Waals surface area contributed by atoms with Gasteiger partial charge in [0, 0.05) is 0 Å². The SMILES string of the molecule is CCCCCC1CCC(C(C)CC2CCC(c3ccc(C)cc3)CC2)CC1. The van der Waals surface area contributed by atoms with Crippen LogP contribution >= 0.6 is 0 Å². The third-order valence-electron chi connectivity index (χ3n) is 8.01. The van der Waals surface area contributed by atoms with Crippen LogP contribution in [0.1, 0.15) is 114 Å². The number of benzene rings is 1. The molecule has 0 bridgehead atoms. The topological polar surface area (TPSA) is 0 Å². The summed E-state index contributed by atoms with van der Waals surface area (Å²) in [5.74, 6) is 4.88. The van der Waals surface area contributed by atoms with Crippen molar-refractivity contribution in [2.75, 3.05) is 0 Å². The Morgan fingerprint density at radius 1 is 0.815 bits per heavy atom. The van der Waals surface area contributed by atoms with Gasteiger partial charge >= 0.3 is 0 Å². The van der Waals surface area contributed by atoms with E-state index in [9.17, 15) is 0 Å². The minimum Gasteiger partial charge on any atom is -0.0654 e. The van der Waals surface area contributed by atoms with E-state index in [1.165, 1.54) is 89.0 Å². The highest BCUT2D eigenvalue weighted by Crippen LogP contribution is 2.42. The molecule has 2 aliphatic carbocycles. The first kappa shape index (κ1) is 20.9. The van der Waals surface area contributed by atoms with Gasteiger partial charge in [0.1, 0.15) is 0 Å². The van der Waals surface area contributed by atoms with E-state index in [1.54, 1.807) is 5.56 Å².